The summed E-state index contributed by atoms with van der Waals surface area (Å²) in [6.07, 6.45) is -2.80. The Balaban J connectivity index is 1.54. The number of alkyl halides is 3. The molecule has 1 unspecified atom stereocenters. The fraction of sp³-hybridized carbons (Fsp3) is 0.259. The molecular formula is C27H24F3NO2S2. The van der Waals surface area contributed by atoms with Crippen LogP contribution >= 0.6 is 23.1 Å². The number of thiazole rings is 1. The van der Waals surface area contributed by atoms with E-state index in [1.165, 1.54) is 29.0 Å². The topological polar surface area (TPSA) is 50.2 Å². The van der Waals surface area contributed by atoms with Gasteiger partial charge in [0, 0.05) is 22.1 Å². The van der Waals surface area contributed by atoms with Crippen LogP contribution in [0.3, 0.4) is 0 Å². The van der Waals surface area contributed by atoms with Crippen LogP contribution in [0.5, 0.6) is 0 Å². The van der Waals surface area contributed by atoms with Crippen LogP contribution < -0.4 is 0 Å². The van der Waals surface area contributed by atoms with Crippen LogP contribution in [0.15, 0.2) is 65.6 Å². The minimum atomic E-state index is -4.36. The van der Waals surface area contributed by atoms with Crippen molar-refractivity contribution in [1.82, 2.24) is 4.98 Å². The van der Waals surface area contributed by atoms with Gasteiger partial charge in [0.15, 0.2) is 0 Å². The second kappa shape index (κ2) is 10.4. The highest BCUT2D eigenvalue weighted by atomic mass is 32.2. The monoisotopic (exact) mass is 515 g/mol. The zero-order valence-corrected chi connectivity index (χ0v) is 20.9. The molecule has 0 radical (unpaired) electrons. The fourth-order valence-electron chi connectivity index (χ4n) is 3.88. The number of carboxylic acid groups (broad SMARTS) is 1. The summed E-state index contributed by atoms with van der Waals surface area (Å²) in [5.41, 5.74) is 4.13. The summed E-state index contributed by atoms with van der Waals surface area (Å²) in [5.74, 6) is -0.797. The molecule has 3 nitrogen and oxygen atoms in total. The lowest BCUT2D eigenvalue weighted by atomic mass is 10.0. The Kier molecular flexibility index (Phi) is 7.52. The lowest BCUT2D eigenvalue weighted by Gasteiger charge is -2.16. The first-order chi connectivity index (χ1) is 16.6. The predicted molar refractivity (Wildman–Crippen MR) is 136 cm³/mol. The van der Waals surface area contributed by atoms with E-state index in [-0.39, 0.29) is 11.7 Å². The average molecular weight is 516 g/mol. The third-order valence-corrected chi connectivity index (χ3v) is 8.30. The van der Waals surface area contributed by atoms with E-state index in [9.17, 15) is 18.0 Å². The lowest BCUT2D eigenvalue weighted by Crippen LogP contribution is -2.03. The summed E-state index contributed by atoms with van der Waals surface area (Å²) < 4.78 is 39.6. The molecule has 1 heterocycles. The molecule has 3 aromatic carbocycles. The third kappa shape index (κ3) is 6.05. The number of carbonyl (C=O) groups is 1. The molecule has 0 spiro atoms. The maximum Gasteiger partial charge on any atom is 0.416 e. The molecule has 0 saturated heterocycles. The molecule has 0 aliphatic carbocycles. The molecule has 0 bridgehead atoms. The zero-order chi connectivity index (χ0) is 25.2. The molecule has 0 aliphatic rings. The third-order valence-electron chi connectivity index (χ3n) is 5.81. The Bertz CT molecular complexity index is 1350. The van der Waals surface area contributed by atoms with Crippen LogP contribution in [-0.4, -0.2) is 16.1 Å². The van der Waals surface area contributed by atoms with Crippen molar-refractivity contribution >= 4 is 39.3 Å². The van der Waals surface area contributed by atoms with Crippen LogP contribution in [0.4, 0.5) is 13.2 Å². The van der Waals surface area contributed by atoms with Gasteiger partial charge in [-0.1, -0.05) is 31.2 Å². The van der Waals surface area contributed by atoms with Gasteiger partial charge in [0.05, 0.1) is 15.8 Å². The maximum atomic E-state index is 12.9. The molecule has 1 N–H and O–H groups in total. The number of halogens is 3. The molecule has 35 heavy (non-hydrogen) atoms. The van der Waals surface area contributed by atoms with Gasteiger partial charge in [-0.15, -0.1) is 23.1 Å². The van der Waals surface area contributed by atoms with Crippen LogP contribution in [0.25, 0.3) is 20.8 Å². The van der Waals surface area contributed by atoms with Gasteiger partial charge in [-0.2, -0.15) is 13.2 Å². The number of thioether (sulfide) groups is 1. The summed E-state index contributed by atoms with van der Waals surface area (Å²) >= 11 is 3.24. The number of hydrogen-bond donors (Lipinski definition) is 1. The number of benzene rings is 3. The van der Waals surface area contributed by atoms with E-state index in [2.05, 4.69) is 30.1 Å². The molecule has 182 valence electrons. The second-order valence-corrected chi connectivity index (χ2v) is 10.6. The molecule has 1 aromatic heterocycles. The molecule has 4 rings (SSSR count). The number of aryl methyl sites for hydroxylation is 2. The Morgan fingerprint density at radius 1 is 1.09 bits per heavy atom. The SMILES string of the molecule is CCC(Sc1ccc(CCC(=O)O)c(C)c1)c1ccc2nc(-c3ccc(C(F)(F)F)cc3)sc2c1. The Labute approximate surface area is 210 Å². The van der Waals surface area contributed by atoms with Gasteiger partial charge in [-0.05, 0) is 72.9 Å². The summed E-state index contributed by atoms with van der Waals surface area (Å²) in [6, 6.07) is 17.4. The Morgan fingerprint density at radius 3 is 2.46 bits per heavy atom. The van der Waals surface area contributed by atoms with E-state index in [0.717, 1.165) is 44.8 Å². The number of aliphatic carboxylic acids is 1. The summed E-state index contributed by atoms with van der Waals surface area (Å²) in [6.45, 7) is 4.14. The number of fused-ring (bicyclic) bond motifs is 1. The van der Waals surface area contributed by atoms with Gasteiger partial charge in [0.25, 0.3) is 0 Å². The molecule has 8 heteroatoms. The van der Waals surface area contributed by atoms with Gasteiger partial charge in [0.2, 0.25) is 0 Å². The molecule has 0 amide bonds. The average Bonchev–Trinajstić information content (AvgIpc) is 3.25. The number of hydrogen-bond acceptors (Lipinski definition) is 4. The van der Waals surface area contributed by atoms with Crippen LogP contribution in [-0.2, 0) is 17.4 Å². The standard InChI is InChI=1S/C27H24F3NO2S2/c1-3-23(34-21-11-6-17(16(2)14-21)8-13-25(32)33)19-7-12-22-24(15-19)35-26(31-22)18-4-9-20(10-5-18)27(28,29)30/h4-7,9-12,14-15,23H,3,8,13H2,1-2H3,(H,32,33). The highest BCUT2D eigenvalue weighted by molar-refractivity contribution is 7.99. The molecule has 0 saturated carbocycles. The molecule has 0 aliphatic heterocycles. The van der Waals surface area contributed by atoms with Crippen molar-refractivity contribution in [3.05, 3.63) is 82.9 Å². The first-order valence-electron chi connectivity index (χ1n) is 11.2. The normalized spacial score (nSPS) is 12.7. The fourth-order valence-corrected chi connectivity index (χ4v) is 6.07. The first kappa shape index (κ1) is 25.3. The molecule has 0 fully saturated rings. The van der Waals surface area contributed by atoms with E-state index in [4.69, 9.17) is 5.11 Å². The van der Waals surface area contributed by atoms with Crippen LogP contribution in [0.2, 0.25) is 0 Å². The van der Waals surface area contributed by atoms with E-state index in [0.29, 0.717) is 17.0 Å². The number of aromatic nitrogens is 1. The highest BCUT2D eigenvalue weighted by Gasteiger charge is 2.30. The minimum Gasteiger partial charge on any atom is -0.481 e. The van der Waals surface area contributed by atoms with E-state index < -0.39 is 17.7 Å². The lowest BCUT2D eigenvalue weighted by molar-refractivity contribution is -0.138. The van der Waals surface area contributed by atoms with Gasteiger partial charge < -0.3 is 5.11 Å². The molecular weight excluding hydrogens is 491 g/mol. The van der Waals surface area contributed by atoms with Crippen molar-refractivity contribution in [3.8, 4) is 10.6 Å². The first-order valence-corrected chi connectivity index (χ1v) is 12.9. The van der Waals surface area contributed by atoms with Crippen molar-refractivity contribution in [3.63, 3.8) is 0 Å². The van der Waals surface area contributed by atoms with Gasteiger partial charge in [0.1, 0.15) is 5.01 Å². The van der Waals surface area contributed by atoms with Crippen molar-refractivity contribution in [2.75, 3.05) is 0 Å². The second-order valence-electron chi connectivity index (χ2n) is 8.32. The van der Waals surface area contributed by atoms with Crippen molar-refractivity contribution in [2.45, 2.75) is 49.4 Å². The van der Waals surface area contributed by atoms with Gasteiger partial charge >= 0.3 is 12.1 Å². The summed E-state index contributed by atoms with van der Waals surface area (Å²) in [4.78, 5) is 16.6. The Morgan fingerprint density at radius 2 is 1.83 bits per heavy atom. The van der Waals surface area contributed by atoms with Gasteiger partial charge in [-0.25, -0.2) is 4.98 Å². The summed E-state index contributed by atoms with van der Waals surface area (Å²) in [7, 11) is 0. The molecule has 4 aromatic rings. The van der Waals surface area contributed by atoms with E-state index in [1.807, 2.05) is 25.1 Å². The van der Waals surface area contributed by atoms with Crippen molar-refractivity contribution in [1.29, 1.82) is 0 Å². The van der Waals surface area contributed by atoms with Crippen molar-refractivity contribution in [2.24, 2.45) is 0 Å². The van der Waals surface area contributed by atoms with E-state index in [1.54, 1.807) is 11.8 Å². The maximum absolute atomic E-state index is 12.9. The van der Waals surface area contributed by atoms with Crippen LogP contribution in [0, 0.1) is 6.92 Å². The largest absolute Gasteiger partial charge is 0.481 e. The zero-order valence-electron chi connectivity index (χ0n) is 19.2. The quantitative estimate of drug-likeness (QED) is 0.239. The van der Waals surface area contributed by atoms with E-state index >= 15 is 0 Å². The number of carboxylic acids is 1. The Hall–Kier alpha value is -2.84. The predicted octanol–water partition coefficient (Wildman–Crippen LogP) is 8.55. The van der Waals surface area contributed by atoms with Crippen molar-refractivity contribution < 1.29 is 23.1 Å². The number of rotatable bonds is 8. The number of nitrogens with zero attached hydrogens (tertiary/aromatic N) is 1. The summed E-state index contributed by atoms with van der Waals surface area (Å²) in [5, 5.41) is 9.85. The van der Waals surface area contributed by atoms with Crippen LogP contribution in [0.1, 0.15) is 47.3 Å². The minimum absolute atomic E-state index is 0.119. The smallest absolute Gasteiger partial charge is 0.416 e. The molecule has 1 atom stereocenters. The van der Waals surface area contributed by atoms with Gasteiger partial charge in [-0.3, -0.25) is 4.79 Å². The highest BCUT2D eigenvalue weighted by Crippen LogP contribution is 2.41.